The van der Waals surface area contributed by atoms with Crippen molar-refractivity contribution in [3.05, 3.63) is 59.9 Å². The number of methoxy groups -OCH3 is 1. The molecule has 2 N–H and O–H groups in total. The van der Waals surface area contributed by atoms with Gasteiger partial charge in [-0.1, -0.05) is 18.2 Å². The number of hydrogen-bond acceptors (Lipinski definition) is 4. The van der Waals surface area contributed by atoms with Crippen molar-refractivity contribution in [2.45, 2.75) is 24.9 Å². The van der Waals surface area contributed by atoms with Crippen molar-refractivity contribution < 1.29 is 9.53 Å². The number of aromatic amines is 1. The number of carbonyl (C=O) groups is 1. The van der Waals surface area contributed by atoms with Gasteiger partial charge >= 0.3 is 0 Å². The van der Waals surface area contributed by atoms with Gasteiger partial charge in [-0.25, -0.2) is 4.98 Å². The minimum absolute atomic E-state index is 0.0631. The molecule has 1 saturated heterocycles. The lowest BCUT2D eigenvalue weighted by Gasteiger charge is -2.36. The molecule has 6 nitrogen and oxygen atoms in total. The summed E-state index contributed by atoms with van der Waals surface area (Å²) in [5.74, 6) is 1.58. The number of likely N-dealkylation sites (tertiary alicyclic amines) is 1. The van der Waals surface area contributed by atoms with Crippen LogP contribution in [0.2, 0.25) is 0 Å². The number of aromatic nitrogens is 2. The Labute approximate surface area is 158 Å². The molecule has 2 atom stereocenters. The monoisotopic (exact) mass is 364 g/mol. The van der Waals surface area contributed by atoms with Crippen LogP contribution in [0.4, 0.5) is 0 Å². The molecule has 1 amide bonds. The van der Waals surface area contributed by atoms with Crippen LogP contribution in [-0.4, -0.2) is 47.5 Å². The number of fused-ring (bicyclic) bond motifs is 1. The molecule has 2 heterocycles. The van der Waals surface area contributed by atoms with E-state index in [1.165, 1.54) is 0 Å². The summed E-state index contributed by atoms with van der Waals surface area (Å²) < 4.78 is 5.21. The highest BCUT2D eigenvalue weighted by molar-refractivity contribution is 5.94. The third-order valence-corrected chi connectivity index (χ3v) is 5.26. The Morgan fingerprint density at radius 1 is 1.26 bits per heavy atom. The van der Waals surface area contributed by atoms with Gasteiger partial charge in [0.15, 0.2) is 0 Å². The van der Waals surface area contributed by atoms with Crippen LogP contribution in [0.5, 0.6) is 5.75 Å². The number of rotatable bonds is 4. The molecule has 1 fully saturated rings. The predicted octanol–water partition coefficient (Wildman–Crippen LogP) is 3.14. The van der Waals surface area contributed by atoms with E-state index in [0.717, 1.165) is 36.2 Å². The maximum atomic E-state index is 12.6. The number of para-hydroxylation sites is 2. The molecule has 0 saturated carbocycles. The van der Waals surface area contributed by atoms with E-state index in [9.17, 15) is 4.79 Å². The van der Waals surface area contributed by atoms with Crippen LogP contribution >= 0.6 is 0 Å². The van der Waals surface area contributed by atoms with E-state index in [-0.39, 0.29) is 18.0 Å². The predicted molar refractivity (Wildman–Crippen MR) is 105 cm³/mol. The largest absolute Gasteiger partial charge is 0.497 e. The fourth-order valence-corrected chi connectivity index (χ4v) is 3.70. The first-order chi connectivity index (χ1) is 13.1. The Kier molecular flexibility index (Phi) is 4.81. The van der Waals surface area contributed by atoms with Gasteiger partial charge in [-0.15, -0.1) is 0 Å². The van der Waals surface area contributed by atoms with E-state index in [0.29, 0.717) is 11.3 Å². The zero-order valence-corrected chi connectivity index (χ0v) is 15.6. The van der Waals surface area contributed by atoms with Crippen LogP contribution in [0, 0.1) is 0 Å². The highest BCUT2D eigenvalue weighted by atomic mass is 16.5. The SMILES string of the molecule is COc1cccc(C(=O)N[C@@H]2CCN(C)[C@@H](c3nc4ccccc4[nH]3)C2)c1. The fourth-order valence-electron chi connectivity index (χ4n) is 3.70. The quantitative estimate of drug-likeness (QED) is 0.746. The molecule has 1 aliphatic heterocycles. The number of H-pyrrole nitrogens is 1. The zero-order valence-electron chi connectivity index (χ0n) is 15.6. The van der Waals surface area contributed by atoms with E-state index in [4.69, 9.17) is 9.72 Å². The minimum atomic E-state index is -0.0631. The number of carbonyl (C=O) groups excluding carboxylic acids is 1. The van der Waals surface area contributed by atoms with Gasteiger partial charge in [0.25, 0.3) is 5.91 Å². The second kappa shape index (κ2) is 7.40. The molecule has 1 aromatic heterocycles. The summed E-state index contributed by atoms with van der Waals surface area (Å²) in [5.41, 5.74) is 2.64. The van der Waals surface area contributed by atoms with Gasteiger partial charge in [-0.2, -0.15) is 0 Å². The summed E-state index contributed by atoms with van der Waals surface area (Å²) in [5, 5.41) is 3.18. The van der Waals surface area contributed by atoms with Crippen molar-refractivity contribution in [1.82, 2.24) is 20.2 Å². The Morgan fingerprint density at radius 3 is 2.93 bits per heavy atom. The van der Waals surface area contributed by atoms with Crippen LogP contribution in [0.3, 0.4) is 0 Å². The first kappa shape index (κ1) is 17.5. The molecule has 3 aromatic rings. The number of amides is 1. The molecule has 6 heteroatoms. The standard InChI is InChI=1S/C21H24N4O2/c1-25-11-10-15(22-21(26)14-6-5-7-16(12-14)27-2)13-19(25)20-23-17-8-3-4-9-18(17)24-20/h3-9,12,15,19H,10-11,13H2,1-2H3,(H,22,26)(H,23,24)/t15-,19-/m1/s1. The Morgan fingerprint density at radius 2 is 2.11 bits per heavy atom. The molecule has 0 spiro atoms. The third kappa shape index (κ3) is 3.66. The van der Waals surface area contributed by atoms with E-state index in [1.807, 2.05) is 42.5 Å². The number of nitrogens with zero attached hydrogens (tertiary/aromatic N) is 2. The van der Waals surface area contributed by atoms with Crippen LogP contribution in [-0.2, 0) is 0 Å². The van der Waals surface area contributed by atoms with E-state index >= 15 is 0 Å². The minimum Gasteiger partial charge on any atom is -0.497 e. The average molecular weight is 364 g/mol. The van der Waals surface area contributed by atoms with Crippen molar-refractivity contribution in [3.63, 3.8) is 0 Å². The lowest BCUT2D eigenvalue weighted by Crippen LogP contribution is -2.45. The molecule has 0 bridgehead atoms. The fraction of sp³-hybridized carbons (Fsp3) is 0.333. The molecular formula is C21H24N4O2. The molecule has 0 aliphatic carbocycles. The maximum absolute atomic E-state index is 12.6. The van der Waals surface area contributed by atoms with Gasteiger partial charge in [0, 0.05) is 18.2 Å². The lowest BCUT2D eigenvalue weighted by atomic mass is 9.96. The van der Waals surface area contributed by atoms with Crippen LogP contribution in [0.15, 0.2) is 48.5 Å². The second-order valence-electron chi connectivity index (χ2n) is 7.06. The van der Waals surface area contributed by atoms with Crippen molar-refractivity contribution in [2.75, 3.05) is 20.7 Å². The van der Waals surface area contributed by atoms with Crippen molar-refractivity contribution in [1.29, 1.82) is 0 Å². The molecule has 140 valence electrons. The average Bonchev–Trinajstić information content (AvgIpc) is 3.13. The van der Waals surface area contributed by atoms with Gasteiger partial charge < -0.3 is 15.0 Å². The summed E-state index contributed by atoms with van der Waals surface area (Å²) in [4.78, 5) is 23.1. The van der Waals surface area contributed by atoms with Gasteiger partial charge in [0.05, 0.1) is 24.2 Å². The Balaban J connectivity index is 1.49. The van der Waals surface area contributed by atoms with Crippen LogP contribution in [0.1, 0.15) is 35.1 Å². The molecule has 27 heavy (non-hydrogen) atoms. The summed E-state index contributed by atoms with van der Waals surface area (Å²) in [6.07, 6.45) is 1.75. The number of hydrogen-bond donors (Lipinski definition) is 2. The highest BCUT2D eigenvalue weighted by Crippen LogP contribution is 2.29. The Hall–Kier alpha value is -2.86. The first-order valence-corrected chi connectivity index (χ1v) is 9.24. The summed E-state index contributed by atoms with van der Waals surface area (Å²) >= 11 is 0. The van der Waals surface area contributed by atoms with Gasteiger partial charge in [0.2, 0.25) is 0 Å². The van der Waals surface area contributed by atoms with Gasteiger partial charge in [-0.05, 0) is 50.2 Å². The maximum Gasteiger partial charge on any atom is 0.251 e. The van der Waals surface area contributed by atoms with Crippen LogP contribution in [0.25, 0.3) is 11.0 Å². The Bertz CT molecular complexity index is 919. The summed E-state index contributed by atoms with van der Waals surface area (Å²) in [6.45, 7) is 0.908. The van der Waals surface area contributed by atoms with E-state index in [2.05, 4.69) is 22.2 Å². The molecule has 0 unspecified atom stereocenters. The molecule has 4 rings (SSSR count). The first-order valence-electron chi connectivity index (χ1n) is 9.24. The topological polar surface area (TPSA) is 70.2 Å². The number of nitrogens with one attached hydrogen (secondary N) is 2. The summed E-state index contributed by atoms with van der Waals surface area (Å²) in [6, 6.07) is 15.6. The lowest BCUT2D eigenvalue weighted by molar-refractivity contribution is 0.0884. The number of benzene rings is 2. The molecular weight excluding hydrogens is 340 g/mol. The molecule has 1 aliphatic rings. The smallest absolute Gasteiger partial charge is 0.251 e. The van der Waals surface area contributed by atoms with Crippen molar-refractivity contribution >= 4 is 16.9 Å². The number of piperidine rings is 1. The van der Waals surface area contributed by atoms with Gasteiger partial charge in [0.1, 0.15) is 11.6 Å². The second-order valence-corrected chi connectivity index (χ2v) is 7.06. The van der Waals surface area contributed by atoms with E-state index < -0.39 is 0 Å². The highest BCUT2D eigenvalue weighted by Gasteiger charge is 2.30. The third-order valence-electron chi connectivity index (χ3n) is 5.26. The number of ether oxygens (including phenoxy) is 1. The normalized spacial score (nSPS) is 20.5. The van der Waals surface area contributed by atoms with Gasteiger partial charge in [-0.3, -0.25) is 9.69 Å². The summed E-state index contributed by atoms with van der Waals surface area (Å²) in [7, 11) is 3.71. The molecule has 2 aromatic carbocycles. The number of imidazole rings is 1. The van der Waals surface area contributed by atoms with Crippen molar-refractivity contribution in [3.8, 4) is 5.75 Å². The van der Waals surface area contributed by atoms with E-state index in [1.54, 1.807) is 13.2 Å². The van der Waals surface area contributed by atoms with Crippen molar-refractivity contribution in [2.24, 2.45) is 0 Å². The molecule has 0 radical (unpaired) electrons. The zero-order chi connectivity index (χ0) is 18.8. The van der Waals surface area contributed by atoms with Crippen LogP contribution < -0.4 is 10.1 Å².